The van der Waals surface area contributed by atoms with Gasteiger partial charge in [0.15, 0.2) is 0 Å². The van der Waals surface area contributed by atoms with Gasteiger partial charge in [-0.2, -0.15) is 0 Å². The Morgan fingerprint density at radius 2 is 2.12 bits per heavy atom. The number of likely N-dealkylation sites (tertiary alicyclic amines) is 1. The Hall–Kier alpha value is -0.620. The molecule has 0 aromatic rings. The van der Waals surface area contributed by atoms with Crippen LogP contribution in [0.25, 0.3) is 0 Å². The van der Waals surface area contributed by atoms with Crippen molar-refractivity contribution in [3.8, 4) is 0 Å². The van der Waals surface area contributed by atoms with E-state index >= 15 is 0 Å². The average Bonchev–Trinajstić information content (AvgIpc) is 2.27. The largest absolute Gasteiger partial charge is 0.468 e. The molecule has 6 heteroatoms. The van der Waals surface area contributed by atoms with Gasteiger partial charge in [-0.15, -0.1) is 0 Å². The van der Waals surface area contributed by atoms with Crippen LogP contribution in [0.2, 0.25) is 0 Å². The minimum atomic E-state index is -2.91. The first-order valence-corrected chi connectivity index (χ1v) is 7.99. The van der Waals surface area contributed by atoms with E-state index in [4.69, 9.17) is 4.74 Å². The molecule has 1 saturated heterocycles. The first kappa shape index (κ1) is 14.4. The number of hydrogen-bond acceptors (Lipinski definition) is 5. The van der Waals surface area contributed by atoms with Gasteiger partial charge >= 0.3 is 5.97 Å². The molecule has 0 radical (unpaired) electrons. The summed E-state index contributed by atoms with van der Waals surface area (Å²) in [7, 11) is -1.52. The molecule has 0 aliphatic carbocycles. The molecule has 1 fully saturated rings. The zero-order chi connectivity index (χ0) is 12.9. The third-order valence-corrected chi connectivity index (χ3v) is 4.08. The zero-order valence-electron chi connectivity index (χ0n) is 10.5. The number of rotatable bonds is 5. The molecule has 0 aromatic carbocycles. The molecular weight excluding hydrogens is 242 g/mol. The van der Waals surface area contributed by atoms with E-state index in [2.05, 4.69) is 0 Å². The Labute approximate surface area is 103 Å². The van der Waals surface area contributed by atoms with Crippen LogP contribution in [0.4, 0.5) is 0 Å². The minimum Gasteiger partial charge on any atom is -0.468 e. The fourth-order valence-corrected chi connectivity index (χ4v) is 2.84. The Morgan fingerprint density at radius 3 is 2.71 bits per heavy atom. The molecule has 1 aliphatic heterocycles. The molecule has 1 aliphatic rings. The fraction of sp³-hybridized carbons (Fsp3) is 0.909. The van der Waals surface area contributed by atoms with Crippen molar-refractivity contribution >= 4 is 15.8 Å². The molecule has 1 heterocycles. The van der Waals surface area contributed by atoms with Crippen LogP contribution in [0.1, 0.15) is 25.7 Å². The summed E-state index contributed by atoms with van der Waals surface area (Å²) in [6.45, 7) is 1.50. The normalized spacial score (nSPS) is 22.4. The number of esters is 1. The maximum Gasteiger partial charge on any atom is 0.323 e. The maximum atomic E-state index is 11.6. The van der Waals surface area contributed by atoms with Crippen molar-refractivity contribution in [2.75, 3.05) is 32.2 Å². The van der Waals surface area contributed by atoms with E-state index in [0.29, 0.717) is 13.0 Å². The van der Waals surface area contributed by atoms with E-state index in [-0.39, 0.29) is 17.8 Å². The average molecular weight is 263 g/mol. The van der Waals surface area contributed by atoms with Gasteiger partial charge in [-0.25, -0.2) is 8.42 Å². The van der Waals surface area contributed by atoms with E-state index < -0.39 is 9.84 Å². The summed E-state index contributed by atoms with van der Waals surface area (Å²) in [5.74, 6) is -0.0266. The van der Waals surface area contributed by atoms with Crippen LogP contribution in [0.15, 0.2) is 0 Å². The summed E-state index contributed by atoms with van der Waals surface area (Å²) in [4.78, 5) is 13.6. The predicted molar refractivity (Wildman–Crippen MR) is 65.6 cm³/mol. The minimum absolute atomic E-state index is 0.178. The number of hydrogen-bond donors (Lipinski definition) is 0. The molecule has 5 nitrogen and oxygen atoms in total. The highest BCUT2D eigenvalue weighted by Gasteiger charge is 2.28. The SMILES string of the molecule is COC(=O)[C@H]1CCCCN1CCCS(C)(=O)=O. The lowest BCUT2D eigenvalue weighted by Gasteiger charge is -2.33. The Morgan fingerprint density at radius 1 is 1.41 bits per heavy atom. The lowest BCUT2D eigenvalue weighted by molar-refractivity contribution is -0.148. The van der Waals surface area contributed by atoms with Gasteiger partial charge in [0.1, 0.15) is 15.9 Å². The quantitative estimate of drug-likeness (QED) is 0.674. The second-order valence-corrected chi connectivity index (χ2v) is 6.81. The predicted octanol–water partition coefficient (Wildman–Crippen LogP) is 0.449. The molecule has 0 aromatic heterocycles. The lowest BCUT2D eigenvalue weighted by atomic mass is 10.0. The number of piperidine rings is 1. The van der Waals surface area contributed by atoms with Gasteiger partial charge in [-0.05, 0) is 32.4 Å². The highest BCUT2D eigenvalue weighted by atomic mass is 32.2. The zero-order valence-corrected chi connectivity index (χ0v) is 11.3. The number of ether oxygens (including phenoxy) is 1. The summed E-state index contributed by atoms with van der Waals surface area (Å²) in [5, 5.41) is 0. The molecular formula is C11H21NO4S. The Bertz CT molecular complexity index is 352. The van der Waals surface area contributed by atoms with E-state index in [1.807, 2.05) is 4.90 Å². The summed E-state index contributed by atoms with van der Waals surface area (Å²) in [6.07, 6.45) is 4.72. The van der Waals surface area contributed by atoms with Crippen LogP contribution in [-0.4, -0.2) is 57.5 Å². The van der Waals surface area contributed by atoms with Gasteiger partial charge in [-0.1, -0.05) is 6.42 Å². The topological polar surface area (TPSA) is 63.7 Å². The number of sulfone groups is 1. The molecule has 17 heavy (non-hydrogen) atoms. The first-order valence-electron chi connectivity index (χ1n) is 5.93. The molecule has 0 amide bonds. The highest BCUT2D eigenvalue weighted by molar-refractivity contribution is 7.90. The number of methoxy groups -OCH3 is 1. The monoisotopic (exact) mass is 263 g/mol. The van der Waals surface area contributed by atoms with Gasteiger partial charge in [0, 0.05) is 6.26 Å². The van der Waals surface area contributed by atoms with Crippen LogP contribution in [0, 0.1) is 0 Å². The van der Waals surface area contributed by atoms with Gasteiger partial charge in [0.05, 0.1) is 12.9 Å². The molecule has 0 N–H and O–H groups in total. The van der Waals surface area contributed by atoms with Crippen molar-refractivity contribution in [1.29, 1.82) is 0 Å². The molecule has 0 saturated carbocycles. The standard InChI is InChI=1S/C11H21NO4S/c1-16-11(13)10-6-3-4-7-12(10)8-5-9-17(2,14)15/h10H,3-9H2,1-2H3/t10-/m1/s1. The van der Waals surface area contributed by atoms with Crippen LogP contribution in [0.3, 0.4) is 0 Å². The highest BCUT2D eigenvalue weighted by Crippen LogP contribution is 2.18. The Balaban J connectivity index is 2.46. The molecule has 0 spiro atoms. The third kappa shape index (κ3) is 5.04. The molecule has 0 unspecified atom stereocenters. The third-order valence-electron chi connectivity index (χ3n) is 3.05. The maximum absolute atomic E-state index is 11.6. The smallest absolute Gasteiger partial charge is 0.323 e. The van der Waals surface area contributed by atoms with Crippen molar-refractivity contribution in [2.45, 2.75) is 31.7 Å². The first-order chi connectivity index (χ1) is 7.94. The fourth-order valence-electron chi connectivity index (χ4n) is 2.19. The number of nitrogens with zero attached hydrogens (tertiary/aromatic N) is 1. The van der Waals surface area contributed by atoms with Gasteiger partial charge in [-0.3, -0.25) is 9.69 Å². The van der Waals surface area contributed by atoms with E-state index in [1.165, 1.54) is 13.4 Å². The van der Waals surface area contributed by atoms with Crippen molar-refractivity contribution in [2.24, 2.45) is 0 Å². The van der Waals surface area contributed by atoms with Crippen LogP contribution >= 0.6 is 0 Å². The number of carbonyl (C=O) groups excluding carboxylic acids is 1. The molecule has 100 valence electrons. The van der Waals surface area contributed by atoms with E-state index in [1.54, 1.807) is 0 Å². The van der Waals surface area contributed by atoms with Crippen molar-refractivity contribution in [1.82, 2.24) is 4.90 Å². The Kier molecular flexibility index (Phi) is 5.39. The molecule has 1 atom stereocenters. The van der Waals surface area contributed by atoms with E-state index in [0.717, 1.165) is 25.8 Å². The van der Waals surface area contributed by atoms with E-state index in [9.17, 15) is 13.2 Å². The van der Waals surface area contributed by atoms with Gasteiger partial charge < -0.3 is 4.74 Å². The summed E-state index contributed by atoms with van der Waals surface area (Å²) < 4.78 is 26.8. The summed E-state index contributed by atoms with van der Waals surface area (Å²) in [5.41, 5.74) is 0. The van der Waals surface area contributed by atoms with Crippen LogP contribution in [0.5, 0.6) is 0 Å². The summed E-state index contributed by atoms with van der Waals surface area (Å²) in [6, 6.07) is -0.187. The number of carbonyl (C=O) groups is 1. The van der Waals surface area contributed by atoms with Crippen molar-refractivity contribution in [3.05, 3.63) is 0 Å². The second-order valence-electron chi connectivity index (χ2n) is 4.55. The van der Waals surface area contributed by atoms with Crippen LogP contribution in [-0.2, 0) is 19.4 Å². The van der Waals surface area contributed by atoms with Crippen molar-refractivity contribution in [3.63, 3.8) is 0 Å². The lowest BCUT2D eigenvalue weighted by Crippen LogP contribution is -2.45. The second kappa shape index (κ2) is 6.35. The summed E-state index contributed by atoms with van der Waals surface area (Å²) >= 11 is 0. The van der Waals surface area contributed by atoms with Crippen LogP contribution < -0.4 is 0 Å². The van der Waals surface area contributed by atoms with Crippen molar-refractivity contribution < 1.29 is 17.9 Å². The molecule has 0 bridgehead atoms. The molecule has 1 rings (SSSR count). The van der Waals surface area contributed by atoms with Gasteiger partial charge in [0.25, 0.3) is 0 Å². The van der Waals surface area contributed by atoms with Gasteiger partial charge in [0.2, 0.25) is 0 Å².